The molecule has 0 heterocycles. The van der Waals surface area contributed by atoms with Gasteiger partial charge in [0.2, 0.25) is 5.91 Å². The minimum absolute atomic E-state index is 0.158. The Balaban J connectivity index is 2.02. The van der Waals surface area contributed by atoms with Crippen molar-refractivity contribution in [2.24, 2.45) is 0 Å². The highest BCUT2D eigenvalue weighted by atomic mass is 16.2. The van der Waals surface area contributed by atoms with E-state index in [-0.39, 0.29) is 5.91 Å². The van der Waals surface area contributed by atoms with Gasteiger partial charge in [-0.2, -0.15) is 0 Å². The second-order valence-electron chi connectivity index (χ2n) is 6.15. The molecule has 1 saturated carbocycles. The Morgan fingerprint density at radius 3 is 2.21 bits per heavy atom. The molecule has 2 rings (SSSR count). The predicted molar refractivity (Wildman–Crippen MR) is 79.1 cm³/mol. The van der Waals surface area contributed by atoms with E-state index in [0.717, 1.165) is 18.4 Å². The van der Waals surface area contributed by atoms with Crippen LogP contribution in [0.1, 0.15) is 57.9 Å². The normalized spacial score (nSPS) is 17.8. The summed E-state index contributed by atoms with van der Waals surface area (Å²) in [5, 5.41) is 3.26. The summed E-state index contributed by atoms with van der Waals surface area (Å²) in [6.07, 6.45) is 7.39. The van der Waals surface area contributed by atoms with Gasteiger partial charge in [0, 0.05) is 6.04 Å². The first kappa shape index (κ1) is 14.1. The molecule has 2 heteroatoms. The van der Waals surface area contributed by atoms with Gasteiger partial charge in [-0.15, -0.1) is 0 Å². The average molecular weight is 259 g/mol. The summed E-state index contributed by atoms with van der Waals surface area (Å²) in [6, 6.07) is 10.4. The third-order valence-electron chi connectivity index (χ3n) is 4.25. The molecule has 1 aromatic rings. The summed E-state index contributed by atoms with van der Waals surface area (Å²) < 4.78 is 0. The number of hydrogen-bond donors (Lipinski definition) is 1. The molecular formula is C17H25NO. The van der Waals surface area contributed by atoms with Gasteiger partial charge in [-0.3, -0.25) is 4.79 Å². The molecule has 0 spiro atoms. The van der Waals surface area contributed by atoms with E-state index < -0.39 is 5.41 Å². The quantitative estimate of drug-likeness (QED) is 0.822. The van der Waals surface area contributed by atoms with Gasteiger partial charge in [0.05, 0.1) is 5.41 Å². The molecule has 0 aromatic heterocycles. The van der Waals surface area contributed by atoms with Crippen molar-refractivity contribution in [2.75, 3.05) is 0 Å². The third kappa shape index (κ3) is 3.59. The van der Waals surface area contributed by atoms with Gasteiger partial charge in [0.1, 0.15) is 0 Å². The van der Waals surface area contributed by atoms with Crippen molar-refractivity contribution in [1.29, 1.82) is 0 Å². The Hall–Kier alpha value is -1.31. The Kier molecular flexibility index (Phi) is 4.62. The Morgan fingerprint density at radius 2 is 1.63 bits per heavy atom. The van der Waals surface area contributed by atoms with Crippen molar-refractivity contribution in [3.05, 3.63) is 35.9 Å². The van der Waals surface area contributed by atoms with Gasteiger partial charge < -0.3 is 5.32 Å². The number of carbonyl (C=O) groups is 1. The van der Waals surface area contributed by atoms with Gasteiger partial charge in [-0.1, -0.05) is 56.0 Å². The van der Waals surface area contributed by atoms with Crippen LogP contribution < -0.4 is 5.32 Å². The molecule has 0 saturated heterocycles. The van der Waals surface area contributed by atoms with Crippen LogP contribution in [0.25, 0.3) is 0 Å². The monoisotopic (exact) mass is 259 g/mol. The maximum absolute atomic E-state index is 12.5. The van der Waals surface area contributed by atoms with Crippen LogP contribution in [0.5, 0.6) is 0 Å². The third-order valence-corrected chi connectivity index (χ3v) is 4.25. The van der Waals surface area contributed by atoms with Crippen LogP contribution in [0.15, 0.2) is 30.3 Å². The zero-order valence-electron chi connectivity index (χ0n) is 12.1. The van der Waals surface area contributed by atoms with Crippen LogP contribution >= 0.6 is 0 Å². The van der Waals surface area contributed by atoms with Gasteiger partial charge in [0.25, 0.3) is 0 Å². The van der Waals surface area contributed by atoms with E-state index in [0.29, 0.717) is 6.04 Å². The zero-order valence-corrected chi connectivity index (χ0v) is 12.1. The van der Waals surface area contributed by atoms with Crippen LogP contribution in [0.4, 0.5) is 0 Å². The SMILES string of the molecule is CC(C)(C(=O)NC1CCCCCC1)c1ccccc1. The van der Waals surface area contributed by atoms with Crippen LogP contribution in [-0.2, 0) is 10.2 Å². The second kappa shape index (κ2) is 6.23. The first-order valence-electron chi connectivity index (χ1n) is 7.47. The molecule has 0 atom stereocenters. The lowest BCUT2D eigenvalue weighted by molar-refractivity contribution is -0.126. The topological polar surface area (TPSA) is 29.1 Å². The number of benzene rings is 1. The summed E-state index contributed by atoms with van der Waals surface area (Å²) in [4.78, 5) is 12.5. The van der Waals surface area contributed by atoms with E-state index in [1.54, 1.807) is 0 Å². The lowest BCUT2D eigenvalue weighted by Crippen LogP contribution is -2.45. The highest BCUT2D eigenvalue weighted by Gasteiger charge is 2.31. The summed E-state index contributed by atoms with van der Waals surface area (Å²) in [6.45, 7) is 4.02. The van der Waals surface area contributed by atoms with Gasteiger partial charge in [-0.25, -0.2) is 0 Å². The van der Waals surface area contributed by atoms with Crippen molar-refractivity contribution in [3.8, 4) is 0 Å². The fourth-order valence-corrected chi connectivity index (χ4v) is 2.78. The largest absolute Gasteiger partial charge is 0.353 e. The van der Waals surface area contributed by atoms with Crippen molar-refractivity contribution in [3.63, 3.8) is 0 Å². The Labute approximate surface area is 116 Å². The molecule has 1 amide bonds. The number of rotatable bonds is 3. The van der Waals surface area contributed by atoms with Crippen LogP contribution in [0, 0.1) is 0 Å². The van der Waals surface area contributed by atoms with E-state index in [4.69, 9.17) is 0 Å². The molecule has 1 aromatic carbocycles. The highest BCUT2D eigenvalue weighted by Crippen LogP contribution is 2.24. The maximum atomic E-state index is 12.5. The van der Waals surface area contributed by atoms with Gasteiger partial charge in [0.15, 0.2) is 0 Å². The fraction of sp³-hybridized carbons (Fsp3) is 0.588. The van der Waals surface area contributed by atoms with E-state index in [1.165, 1.54) is 25.7 Å². The molecule has 2 nitrogen and oxygen atoms in total. The number of nitrogens with one attached hydrogen (secondary N) is 1. The van der Waals surface area contributed by atoms with E-state index >= 15 is 0 Å². The smallest absolute Gasteiger partial charge is 0.230 e. The molecule has 1 fully saturated rings. The minimum Gasteiger partial charge on any atom is -0.353 e. The maximum Gasteiger partial charge on any atom is 0.230 e. The van der Waals surface area contributed by atoms with Gasteiger partial charge >= 0.3 is 0 Å². The van der Waals surface area contributed by atoms with E-state index in [9.17, 15) is 4.79 Å². The molecule has 0 radical (unpaired) electrons. The second-order valence-corrected chi connectivity index (χ2v) is 6.15. The molecule has 0 bridgehead atoms. The molecule has 0 unspecified atom stereocenters. The predicted octanol–water partition coefficient (Wildman–Crippen LogP) is 3.80. The van der Waals surface area contributed by atoms with Crippen LogP contribution in [0.2, 0.25) is 0 Å². The summed E-state index contributed by atoms with van der Waals surface area (Å²) in [7, 11) is 0. The van der Waals surface area contributed by atoms with Crippen molar-refractivity contribution >= 4 is 5.91 Å². The van der Waals surface area contributed by atoms with Crippen molar-refractivity contribution < 1.29 is 4.79 Å². The zero-order chi connectivity index (χ0) is 13.7. The van der Waals surface area contributed by atoms with Crippen LogP contribution in [-0.4, -0.2) is 11.9 Å². The molecule has 0 aliphatic heterocycles. The van der Waals surface area contributed by atoms with Crippen LogP contribution in [0.3, 0.4) is 0 Å². The van der Waals surface area contributed by atoms with E-state index in [2.05, 4.69) is 5.32 Å². The molecular weight excluding hydrogens is 234 g/mol. The summed E-state index contributed by atoms with van der Waals surface area (Å²) >= 11 is 0. The fourth-order valence-electron chi connectivity index (χ4n) is 2.78. The van der Waals surface area contributed by atoms with Crippen molar-refractivity contribution in [2.45, 2.75) is 63.8 Å². The average Bonchev–Trinajstić information content (AvgIpc) is 2.68. The molecule has 1 N–H and O–H groups in total. The lowest BCUT2D eigenvalue weighted by atomic mass is 9.83. The molecule has 1 aliphatic rings. The van der Waals surface area contributed by atoms with Crippen molar-refractivity contribution in [1.82, 2.24) is 5.32 Å². The molecule has 1 aliphatic carbocycles. The summed E-state index contributed by atoms with van der Waals surface area (Å²) in [5.74, 6) is 0.158. The minimum atomic E-state index is -0.451. The highest BCUT2D eigenvalue weighted by molar-refractivity contribution is 5.87. The Bertz CT molecular complexity index is 403. The van der Waals surface area contributed by atoms with Gasteiger partial charge in [-0.05, 0) is 32.3 Å². The standard InChI is InChI=1S/C17H25NO/c1-17(2,14-10-6-5-7-11-14)16(19)18-15-12-8-3-4-9-13-15/h5-7,10-11,15H,3-4,8-9,12-13H2,1-2H3,(H,18,19). The molecule has 104 valence electrons. The number of amides is 1. The first-order valence-corrected chi connectivity index (χ1v) is 7.47. The summed E-state index contributed by atoms with van der Waals surface area (Å²) in [5.41, 5.74) is 0.634. The number of hydrogen-bond acceptors (Lipinski definition) is 1. The number of carbonyl (C=O) groups excluding carboxylic acids is 1. The van der Waals surface area contributed by atoms with E-state index in [1.807, 2.05) is 44.2 Å². The lowest BCUT2D eigenvalue weighted by Gasteiger charge is -2.27. The molecule has 19 heavy (non-hydrogen) atoms. The Morgan fingerprint density at radius 1 is 1.05 bits per heavy atom. The first-order chi connectivity index (χ1) is 9.10.